The molecule has 0 bridgehead atoms. The van der Waals surface area contributed by atoms with Crippen LogP contribution in [0.1, 0.15) is 27.7 Å². The van der Waals surface area contributed by atoms with Gasteiger partial charge in [-0.25, -0.2) is 4.79 Å². The number of carbonyl (C=O) groups excluding carboxylic acids is 1. The molecule has 1 amide bonds. The van der Waals surface area contributed by atoms with E-state index in [-0.39, 0.29) is 12.1 Å². The number of ether oxygens (including phenoxy) is 1. The van der Waals surface area contributed by atoms with Gasteiger partial charge in [0.2, 0.25) is 0 Å². The smallest absolute Gasteiger partial charge is 0.410 e. The Morgan fingerprint density at radius 1 is 1.50 bits per heavy atom. The summed E-state index contributed by atoms with van der Waals surface area (Å²) in [5, 5.41) is 3.15. The van der Waals surface area contributed by atoms with Crippen LogP contribution in [0.5, 0.6) is 0 Å². The highest BCUT2D eigenvalue weighted by Gasteiger charge is 2.39. The van der Waals surface area contributed by atoms with Gasteiger partial charge in [0.15, 0.2) is 0 Å². The van der Waals surface area contributed by atoms with Gasteiger partial charge in [-0.3, -0.25) is 0 Å². The Kier molecular flexibility index (Phi) is 3.04. The maximum atomic E-state index is 11.6. The van der Waals surface area contributed by atoms with Crippen molar-refractivity contribution < 1.29 is 9.53 Å². The van der Waals surface area contributed by atoms with Gasteiger partial charge in [-0.15, -0.1) is 0 Å². The summed E-state index contributed by atoms with van der Waals surface area (Å²) in [6.07, 6.45) is -0.212. The molecule has 82 valence electrons. The van der Waals surface area contributed by atoms with Crippen LogP contribution >= 0.6 is 0 Å². The molecule has 0 aromatic heterocycles. The Morgan fingerprint density at radius 3 is 2.43 bits per heavy atom. The van der Waals surface area contributed by atoms with Gasteiger partial charge in [0.05, 0.1) is 0 Å². The van der Waals surface area contributed by atoms with Crippen LogP contribution in [-0.2, 0) is 4.74 Å². The first-order valence-corrected chi connectivity index (χ1v) is 5.02. The number of hydrogen-bond acceptors (Lipinski definition) is 3. The molecule has 0 saturated carbocycles. The fraction of sp³-hybridized carbons (Fsp3) is 0.900. The average molecular weight is 200 g/mol. The number of carbonyl (C=O) groups is 1. The molecule has 4 heteroatoms. The molecule has 1 saturated heterocycles. The van der Waals surface area contributed by atoms with Crippen molar-refractivity contribution in [2.75, 3.05) is 13.6 Å². The summed E-state index contributed by atoms with van der Waals surface area (Å²) in [5.41, 5.74) is -0.401. The van der Waals surface area contributed by atoms with Crippen molar-refractivity contribution >= 4 is 6.09 Å². The van der Waals surface area contributed by atoms with Crippen LogP contribution in [0.3, 0.4) is 0 Å². The highest BCUT2D eigenvalue weighted by atomic mass is 16.6. The summed E-state index contributed by atoms with van der Waals surface area (Å²) in [4.78, 5) is 13.3. The van der Waals surface area contributed by atoms with E-state index in [0.29, 0.717) is 6.04 Å². The van der Waals surface area contributed by atoms with Gasteiger partial charge < -0.3 is 15.0 Å². The van der Waals surface area contributed by atoms with E-state index in [4.69, 9.17) is 4.74 Å². The Labute approximate surface area is 85.6 Å². The second-order valence-electron chi connectivity index (χ2n) is 4.77. The minimum atomic E-state index is -0.401. The van der Waals surface area contributed by atoms with Crippen LogP contribution in [0, 0.1) is 0 Å². The largest absolute Gasteiger partial charge is 0.444 e. The first kappa shape index (κ1) is 11.3. The summed E-state index contributed by atoms with van der Waals surface area (Å²) in [6, 6.07) is 0.636. The van der Waals surface area contributed by atoms with Gasteiger partial charge in [-0.2, -0.15) is 0 Å². The van der Waals surface area contributed by atoms with Crippen LogP contribution in [-0.4, -0.2) is 42.3 Å². The first-order valence-electron chi connectivity index (χ1n) is 5.02. The lowest BCUT2D eigenvalue weighted by molar-refractivity contribution is -0.0131. The maximum absolute atomic E-state index is 11.6. The molecular weight excluding hydrogens is 180 g/mol. The molecular formula is C10H20N2O2. The highest BCUT2D eigenvalue weighted by molar-refractivity contribution is 5.70. The third kappa shape index (κ3) is 2.38. The van der Waals surface area contributed by atoms with Crippen molar-refractivity contribution in [2.45, 2.75) is 45.4 Å². The normalized spacial score (nSPS) is 27.1. The van der Waals surface area contributed by atoms with Crippen LogP contribution in [0.15, 0.2) is 0 Å². The molecule has 0 radical (unpaired) electrons. The van der Waals surface area contributed by atoms with E-state index in [1.165, 1.54) is 0 Å². The van der Waals surface area contributed by atoms with Crippen LogP contribution < -0.4 is 5.32 Å². The standard InChI is InChI=1S/C10H20N2O2/c1-7-8(11-5)6-12(7)9(13)14-10(2,3)4/h7-8,11H,6H2,1-5H3/t7-,8+/m1/s1. The van der Waals surface area contributed by atoms with Gasteiger partial charge >= 0.3 is 6.09 Å². The molecule has 4 nitrogen and oxygen atoms in total. The topological polar surface area (TPSA) is 41.6 Å². The minimum Gasteiger partial charge on any atom is -0.444 e. The molecule has 14 heavy (non-hydrogen) atoms. The molecule has 1 N–H and O–H groups in total. The predicted octanol–water partition coefficient (Wildman–Crippen LogP) is 1.21. The Bertz CT molecular complexity index is 223. The average Bonchev–Trinajstić information content (AvgIpc) is 1.99. The van der Waals surface area contributed by atoms with Gasteiger partial charge in [0.25, 0.3) is 0 Å². The van der Waals surface area contributed by atoms with E-state index in [2.05, 4.69) is 5.32 Å². The van der Waals surface area contributed by atoms with Crippen LogP contribution in [0.4, 0.5) is 4.79 Å². The van der Waals surface area contributed by atoms with Gasteiger partial charge in [0.1, 0.15) is 5.60 Å². The van der Waals surface area contributed by atoms with Crippen molar-refractivity contribution in [1.82, 2.24) is 10.2 Å². The van der Waals surface area contributed by atoms with Crippen LogP contribution in [0.2, 0.25) is 0 Å². The number of likely N-dealkylation sites (N-methyl/N-ethyl adjacent to an activating group) is 1. The van der Waals surface area contributed by atoms with E-state index < -0.39 is 5.60 Å². The predicted molar refractivity (Wildman–Crippen MR) is 55.2 cm³/mol. The van der Waals surface area contributed by atoms with Crippen LogP contribution in [0.25, 0.3) is 0 Å². The monoisotopic (exact) mass is 200 g/mol. The zero-order valence-corrected chi connectivity index (χ0v) is 9.63. The van der Waals surface area contributed by atoms with E-state index in [0.717, 1.165) is 6.54 Å². The van der Waals surface area contributed by atoms with Crippen molar-refractivity contribution in [2.24, 2.45) is 0 Å². The van der Waals surface area contributed by atoms with Crippen molar-refractivity contribution in [3.63, 3.8) is 0 Å². The molecule has 1 heterocycles. The molecule has 1 aliphatic rings. The third-order valence-electron chi connectivity index (χ3n) is 2.47. The van der Waals surface area contributed by atoms with E-state index in [9.17, 15) is 4.79 Å². The van der Waals surface area contributed by atoms with E-state index in [1.54, 1.807) is 4.90 Å². The summed E-state index contributed by atoms with van der Waals surface area (Å²) in [7, 11) is 1.91. The number of nitrogens with zero attached hydrogens (tertiary/aromatic N) is 1. The molecule has 0 spiro atoms. The molecule has 0 aromatic rings. The van der Waals surface area contributed by atoms with Crippen molar-refractivity contribution in [3.8, 4) is 0 Å². The number of likely N-dealkylation sites (tertiary alicyclic amines) is 1. The van der Waals surface area contributed by atoms with Gasteiger partial charge in [-0.1, -0.05) is 0 Å². The molecule has 1 rings (SSSR count). The molecule has 1 fully saturated rings. The number of rotatable bonds is 1. The van der Waals surface area contributed by atoms with Gasteiger partial charge in [0, 0.05) is 18.6 Å². The fourth-order valence-corrected chi connectivity index (χ4v) is 1.50. The second-order valence-corrected chi connectivity index (χ2v) is 4.77. The van der Waals surface area contributed by atoms with Crippen molar-refractivity contribution in [3.05, 3.63) is 0 Å². The zero-order chi connectivity index (χ0) is 10.9. The Hall–Kier alpha value is -0.770. The SMILES string of the molecule is CN[C@H]1CN(C(=O)OC(C)(C)C)[C@@H]1C. The molecule has 1 aliphatic heterocycles. The second kappa shape index (κ2) is 3.77. The minimum absolute atomic E-state index is 0.212. The van der Waals surface area contributed by atoms with Gasteiger partial charge in [-0.05, 0) is 34.7 Å². The third-order valence-corrected chi connectivity index (χ3v) is 2.47. The fourth-order valence-electron chi connectivity index (χ4n) is 1.50. The molecule has 0 unspecified atom stereocenters. The maximum Gasteiger partial charge on any atom is 0.410 e. The van der Waals surface area contributed by atoms with E-state index in [1.807, 2.05) is 34.7 Å². The van der Waals surface area contributed by atoms with Crippen molar-refractivity contribution in [1.29, 1.82) is 0 Å². The number of hydrogen-bond donors (Lipinski definition) is 1. The Balaban J connectivity index is 2.42. The first-order chi connectivity index (χ1) is 6.35. The summed E-state index contributed by atoms with van der Waals surface area (Å²) in [6.45, 7) is 8.40. The molecule has 0 aromatic carbocycles. The lowest BCUT2D eigenvalue weighted by atomic mass is 9.99. The quantitative estimate of drug-likeness (QED) is 0.692. The Morgan fingerprint density at radius 2 is 2.07 bits per heavy atom. The number of nitrogens with one attached hydrogen (secondary N) is 1. The summed E-state index contributed by atoms with van der Waals surface area (Å²) < 4.78 is 5.26. The highest BCUT2D eigenvalue weighted by Crippen LogP contribution is 2.20. The summed E-state index contributed by atoms with van der Waals surface area (Å²) >= 11 is 0. The molecule has 2 atom stereocenters. The van der Waals surface area contributed by atoms with E-state index >= 15 is 0 Å². The molecule has 0 aliphatic carbocycles. The number of amides is 1. The summed E-state index contributed by atoms with van der Waals surface area (Å²) in [5.74, 6) is 0. The zero-order valence-electron chi connectivity index (χ0n) is 9.63. The lowest BCUT2D eigenvalue weighted by Gasteiger charge is -2.46. The lowest BCUT2D eigenvalue weighted by Crippen LogP contribution is -2.65.